The lowest BCUT2D eigenvalue weighted by atomic mass is 10.4. The van der Waals surface area contributed by atoms with Crippen molar-refractivity contribution in [3.05, 3.63) is 25.0 Å². The van der Waals surface area contributed by atoms with Gasteiger partial charge in [-0.3, -0.25) is 0 Å². The van der Waals surface area contributed by atoms with E-state index in [4.69, 9.17) is 14.2 Å². The van der Waals surface area contributed by atoms with Gasteiger partial charge in [-0.1, -0.05) is 13.2 Å². The van der Waals surface area contributed by atoms with Crippen LogP contribution in [0, 0.1) is 0 Å². The monoisotopic (exact) mass is 184 g/mol. The molecule has 1 atom stereocenters. The molecule has 3 nitrogen and oxygen atoms in total. The average molecular weight is 184 g/mol. The predicted molar refractivity (Wildman–Crippen MR) is 50.2 cm³/mol. The molecule has 1 saturated heterocycles. The fourth-order valence-electron chi connectivity index (χ4n) is 1.10. The van der Waals surface area contributed by atoms with Crippen LogP contribution in [-0.4, -0.2) is 25.1 Å². The summed E-state index contributed by atoms with van der Waals surface area (Å²) in [5.41, 5.74) is 0. The summed E-state index contributed by atoms with van der Waals surface area (Å²) in [5, 5.41) is 0. The predicted octanol–water partition coefficient (Wildman–Crippen LogP) is 1.85. The van der Waals surface area contributed by atoms with Crippen molar-refractivity contribution in [3.63, 3.8) is 0 Å². The molecule has 74 valence electrons. The fraction of sp³-hybridized carbons (Fsp3) is 0.600. The summed E-state index contributed by atoms with van der Waals surface area (Å²) in [6.07, 6.45) is 1.56. The molecule has 13 heavy (non-hydrogen) atoms. The Morgan fingerprint density at radius 1 is 1.69 bits per heavy atom. The summed E-state index contributed by atoms with van der Waals surface area (Å²) in [4.78, 5) is 0. The van der Waals surface area contributed by atoms with E-state index in [-0.39, 0.29) is 6.10 Å². The van der Waals surface area contributed by atoms with Gasteiger partial charge < -0.3 is 14.2 Å². The molecule has 0 saturated carbocycles. The van der Waals surface area contributed by atoms with Crippen molar-refractivity contribution in [3.8, 4) is 0 Å². The Bertz CT molecular complexity index is 208. The third kappa shape index (κ3) is 3.20. The largest absolute Gasteiger partial charge is 0.491 e. The molecule has 1 unspecified atom stereocenters. The molecule has 1 fully saturated rings. The Morgan fingerprint density at radius 2 is 2.38 bits per heavy atom. The summed E-state index contributed by atoms with van der Waals surface area (Å²) < 4.78 is 16.1. The Balaban J connectivity index is 2.25. The maximum Gasteiger partial charge on any atom is 0.163 e. The highest BCUT2D eigenvalue weighted by Crippen LogP contribution is 2.22. The molecule has 1 rings (SSSR count). The Morgan fingerprint density at radius 3 is 2.85 bits per heavy atom. The van der Waals surface area contributed by atoms with Gasteiger partial charge in [0.2, 0.25) is 0 Å². The molecule has 0 aromatic carbocycles. The van der Waals surface area contributed by atoms with Crippen LogP contribution in [0.2, 0.25) is 0 Å². The molecule has 0 aromatic heterocycles. The van der Waals surface area contributed by atoms with Crippen LogP contribution in [-0.2, 0) is 14.2 Å². The molecule has 0 spiro atoms. The van der Waals surface area contributed by atoms with Crippen LogP contribution in [0.5, 0.6) is 0 Å². The molecular formula is C10H16O3. The number of allylic oxidation sites excluding steroid dienone is 1. The van der Waals surface area contributed by atoms with Gasteiger partial charge in [0.15, 0.2) is 5.79 Å². The quantitative estimate of drug-likeness (QED) is 0.493. The molecular weight excluding hydrogens is 168 g/mol. The van der Waals surface area contributed by atoms with Crippen molar-refractivity contribution in [2.24, 2.45) is 0 Å². The second kappa shape index (κ2) is 3.94. The third-order valence-electron chi connectivity index (χ3n) is 1.75. The van der Waals surface area contributed by atoms with Crippen molar-refractivity contribution in [1.29, 1.82) is 0 Å². The second-order valence-electron chi connectivity index (χ2n) is 3.43. The van der Waals surface area contributed by atoms with Gasteiger partial charge in [-0.2, -0.15) is 0 Å². The molecule has 0 N–H and O–H groups in total. The lowest BCUT2D eigenvalue weighted by Crippen LogP contribution is -2.23. The molecule has 3 heteroatoms. The van der Waals surface area contributed by atoms with Gasteiger partial charge in [0.05, 0.1) is 6.61 Å². The first-order chi connectivity index (χ1) is 6.03. The van der Waals surface area contributed by atoms with Crippen molar-refractivity contribution in [1.82, 2.24) is 0 Å². The lowest BCUT2D eigenvalue weighted by Gasteiger charge is -2.17. The van der Waals surface area contributed by atoms with Crippen LogP contribution < -0.4 is 0 Å². The van der Waals surface area contributed by atoms with Gasteiger partial charge in [-0.25, -0.2) is 0 Å². The van der Waals surface area contributed by atoms with Gasteiger partial charge in [-0.15, -0.1) is 0 Å². The van der Waals surface area contributed by atoms with E-state index in [9.17, 15) is 0 Å². The second-order valence-corrected chi connectivity index (χ2v) is 3.43. The molecule has 0 bridgehead atoms. The molecule has 1 heterocycles. The normalized spacial score (nSPS) is 25.5. The summed E-state index contributed by atoms with van der Waals surface area (Å²) in [7, 11) is 0. The van der Waals surface area contributed by atoms with Crippen LogP contribution in [0.1, 0.15) is 13.8 Å². The zero-order valence-electron chi connectivity index (χ0n) is 8.21. The van der Waals surface area contributed by atoms with Crippen LogP contribution in [0.25, 0.3) is 0 Å². The number of hydrogen-bond acceptors (Lipinski definition) is 3. The first kappa shape index (κ1) is 10.3. The first-order valence-electron chi connectivity index (χ1n) is 4.29. The highest BCUT2D eigenvalue weighted by atomic mass is 16.7. The highest BCUT2D eigenvalue weighted by molar-refractivity contribution is 5.01. The van der Waals surface area contributed by atoms with E-state index in [0.29, 0.717) is 19.0 Å². The number of hydrogen-bond donors (Lipinski definition) is 0. The van der Waals surface area contributed by atoms with E-state index in [2.05, 4.69) is 13.2 Å². The van der Waals surface area contributed by atoms with Gasteiger partial charge >= 0.3 is 0 Å². The zero-order valence-corrected chi connectivity index (χ0v) is 8.21. The average Bonchev–Trinajstić information content (AvgIpc) is 2.41. The minimum atomic E-state index is -0.483. The number of rotatable bonds is 4. The zero-order chi connectivity index (χ0) is 9.90. The topological polar surface area (TPSA) is 27.7 Å². The minimum Gasteiger partial charge on any atom is -0.491 e. The Labute approximate surface area is 79.0 Å². The van der Waals surface area contributed by atoms with Gasteiger partial charge in [0.25, 0.3) is 0 Å². The standard InChI is InChI=1S/C10H16O3/c1-5-8(2)11-6-9-7-12-10(3,4)13-9/h5,9H,1-2,6-7H2,3-4H3. The Kier molecular flexibility index (Phi) is 3.12. The molecule has 1 aliphatic heterocycles. The smallest absolute Gasteiger partial charge is 0.163 e. The van der Waals surface area contributed by atoms with Gasteiger partial charge in [-0.05, 0) is 19.9 Å². The lowest BCUT2D eigenvalue weighted by molar-refractivity contribution is -0.143. The molecule has 0 radical (unpaired) electrons. The highest BCUT2D eigenvalue weighted by Gasteiger charge is 2.32. The van der Waals surface area contributed by atoms with Crippen LogP contribution in [0.3, 0.4) is 0 Å². The SMILES string of the molecule is C=CC(=C)OCC1COC(C)(C)O1. The summed E-state index contributed by atoms with van der Waals surface area (Å²) in [6.45, 7) is 12.0. The van der Waals surface area contributed by atoms with E-state index in [0.717, 1.165) is 0 Å². The molecule has 0 amide bonds. The van der Waals surface area contributed by atoms with Crippen molar-refractivity contribution in [2.45, 2.75) is 25.7 Å². The summed E-state index contributed by atoms with van der Waals surface area (Å²) in [5.74, 6) is 0.0806. The van der Waals surface area contributed by atoms with E-state index >= 15 is 0 Å². The van der Waals surface area contributed by atoms with Crippen molar-refractivity contribution >= 4 is 0 Å². The molecule has 0 aromatic rings. The number of ether oxygens (including phenoxy) is 3. The van der Waals surface area contributed by atoms with Gasteiger partial charge in [0.1, 0.15) is 18.5 Å². The van der Waals surface area contributed by atoms with Gasteiger partial charge in [0, 0.05) is 0 Å². The maximum absolute atomic E-state index is 5.52. The summed E-state index contributed by atoms with van der Waals surface area (Å²) in [6, 6.07) is 0. The maximum atomic E-state index is 5.52. The first-order valence-corrected chi connectivity index (χ1v) is 4.29. The van der Waals surface area contributed by atoms with E-state index in [1.165, 1.54) is 0 Å². The van der Waals surface area contributed by atoms with Crippen LogP contribution >= 0.6 is 0 Å². The van der Waals surface area contributed by atoms with Crippen LogP contribution in [0.15, 0.2) is 25.0 Å². The third-order valence-corrected chi connectivity index (χ3v) is 1.75. The van der Waals surface area contributed by atoms with E-state index in [1.54, 1.807) is 6.08 Å². The fourth-order valence-corrected chi connectivity index (χ4v) is 1.10. The van der Waals surface area contributed by atoms with E-state index < -0.39 is 5.79 Å². The minimum absolute atomic E-state index is 0.00769. The summed E-state index contributed by atoms with van der Waals surface area (Å²) >= 11 is 0. The van der Waals surface area contributed by atoms with Crippen LogP contribution in [0.4, 0.5) is 0 Å². The van der Waals surface area contributed by atoms with Crippen molar-refractivity contribution < 1.29 is 14.2 Å². The Hall–Kier alpha value is -0.800. The molecule has 0 aliphatic carbocycles. The molecule has 1 aliphatic rings. The van der Waals surface area contributed by atoms with E-state index in [1.807, 2.05) is 13.8 Å². The van der Waals surface area contributed by atoms with Crippen molar-refractivity contribution in [2.75, 3.05) is 13.2 Å².